The lowest BCUT2D eigenvalue weighted by Crippen LogP contribution is -2.02. The molecule has 0 saturated carbocycles. The van der Waals surface area contributed by atoms with E-state index in [1.165, 1.54) is 12.1 Å². The van der Waals surface area contributed by atoms with E-state index in [2.05, 4.69) is 4.57 Å². The van der Waals surface area contributed by atoms with Gasteiger partial charge >= 0.3 is 0 Å². The molecule has 0 aliphatic carbocycles. The number of allylic oxidation sites excluding steroid dienone is 1. The Morgan fingerprint density at radius 1 is 1.03 bits per heavy atom. The molecule has 0 atom stereocenters. The van der Waals surface area contributed by atoms with Crippen molar-refractivity contribution in [3.05, 3.63) is 59.5 Å². The summed E-state index contributed by atoms with van der Waals surface area (Å²) in [7, 11) is 4.65. The molecule has 0 saturated heterocycles. The van der Waals surface area contributed by atoms with Crippen molar-refractivity contribution in [1.29, 1.82) is 0 Å². The van der Waals surface area contributed by atoms with E-state index in [0.717, 1.165) is 22.2 Å². The average molecular weight is 411 g/mol. The van der Waals surface area contributed by atoms with Gasteiger partial charge in [-0.05, 0) is 61.4 Å². The van der Waals surface area contributed by atoms with Crippen LogP contribution in [0.1, 0.15) is 24.1 Å². The Hall–Kier alpha value is -3.28. The SMILES string of the molecule is COc1cc(/C=C/C(=O)CCCn2c(C)cc3cc(F)ccc32)cc(OC)c1OC. The van der Waals surface area contributed by atoms with Crippen molar-refractivity contribution in [1.82, 2.24) is 4.57 Å². The number of carbonyl (C=O) groups excluding carboxylic acids is 1. The number of methoxy groups -OCH3 is 3. The summed E-state index contributed by atoms with van der Waals surface area (Å²) in [5, 5.41) is 0.876. The van der Waals surface area contributed by atoms with Crippen LogP contribution in [0.5, 0.6) is 17.2 Å². The fourth-order valence-corrected chi connectivity index (χ4v) is 3.56. The first kappa shape index (κ1) is 21.4. The Labute approximate surface area is 175 Å². The van der Waals surface area contributed by atoms with Crippen molar-refractivity contribution >= 4 is 22.8 Å². The van der Waals surface area contributed by atoms with Crippen LogP contribution in [0.15, 0.2) is 42.5 Å². The van der Waals surface area contributed by atoms with E-state index in [1.807, 2.05) is 13.0 Å². The van der Waals surface area contributed by atoms with E-state index in [4.69, 9.17) is 14.2 Å². The van der Waals surface area contributed by atoms with Gasteiger partial charge in [-0.1, -0.05) is 6.08 Å². The van der Waals surface area contributed by atoms with Crippen LogP contribution in [0.2, 0.25) is 0 Å². The lowest BCUT2D eigenvalue weighted by Gasteiger charge is -2.12. The van der Waals surface area contributed by atoms with Gasteiger partial charge in [-0.2, -0.15) is 0 Å². The van der Waals surface area contributed by atoms with Crippen LogP contribution in [0.25, 0.3) is 17.0 Å². The summed E-state index contributed by atoms with van der Waals surface area (Å²) in [6.07, 6.45) is 4.42. The molecule has 1 heterocycles. The predicted octanol–water partition coefficient (Wildman–Crippen LogP) is 5.18. The quantitative estimate of drug-likeness (QED) is 0.456. The summed E-state index contributed by atoms with van der Waals surface area (Å²) < 4.78 is 31.5. The van der Waals surface area contributed by atoms with Crippen molar-refractivity contribution < 1.29 is 23.4 Å². The van der Waals surface area contributed by atoms with Crippen LogP contribution in [-0.4, -0.2) is 31.7 Å². The molecule has 3 aromatic rings. The molecule has 0 fully saturated rings. The van der Waals surface area contributed by atoms with Crippen LogP contribution in [0.4, 0.5) is 4.39 Å². The zero-order valence-corrected chi connectivity index (χ0v) is 17.7. The maximum absolute atomic E-state index is 13.4. The van der Waals surface area contributed by atoms with E-state index in [1.54, 1.807) is 51.7 Å². The number of fused-ring (bicyclic) bond motifs is 1. The highest BCUT2D eigenvalue weighted by Crippen LogP contribution is 2.38. The van der Waals surface area contributed by atoms with E-state index in [-0.39, 0.29) is 11.6 Å². The van der Waals surface area contributed by atoms with E-state index in [9.17, 15) is 9.18 Å². The second kappa shape index (κ2) is 9.48. The van der Waals surface area contributed by atoms with Gasteiger partial charge in [0.25, 0.3) is 0 Å². The molecule has 0 unspecified atom stereocenters. The van der Waals surface area contributed by atoms with Gasteiger partial charge in [0.2, 0.25) is 5.75 Å². The zero-order chi connectivity index (χ0) is 21.7. The smallest absolute Gasteiger partial charge is 0.203 e. The topological polar surface area (TPSA) is 49.7 Å². The molecule has 0 N–H and O–H groups in total. The van der Waals surface area contributed by atoms with Gasteiger partial charge in [0, 0.05) is 29.6 Å². The van der Waals surface area contributed by atoms with Gasteiger partial charge in [-0.15, -0.1) is 0 Å². The second-order valence-electron chi connectivity index (χ2n) is 7.00. The Morgan fingerprint density at radius 3 is 2.37 bits per heavy atom. The minimum Gasteiger partial charge on any atom is -0.493 e. The molecular formula is C24H26FNO4. The molecule has 0 spiro atoms. The number of aryl methyl sites for hydroxylation is 2. The number of ketones is 1. The van der Waals surface area contributed by atoms with Crippen molar-refractivity contribution in [3.63, 3.8) is 0 Å². The monoisotopic (exact) mass is 411 g/mol. The van der Waals surface area contributed by atoms with Gasteiger partial charge in [0.15, 0.2) is 17.3 Å². The highest BCUT2D eigenvalue weighted by Gasteiger charge is 2.12. The Bertz CT molecular complexity index is 1060. The van der Waals surface area contributed by atoms with Gasteiger partial charge in [0.1, 0.15) is 5.82 Å². The number of aromatic nitrogens is 1. The van der Waals surface area contributed by atoms with Gasteiger partial charge < -0.3 is 18.8 Å². The van der Waals surface area contributed by atoms with Crippen LogP contribution in [0, 0.1) is 12.7 Å². The van der Waals surface area contributed by atoms with Crippen molar-refractivity contribution in [2.45, 2.75) is 26.3 Å². The van der Waals surface area contributed by atoms with E-state index in [0.29, 0.717) is 36.6 Å². The lowest BCUT2D eigenvalue weighted by atomic mass is 10.1. The average Bonchev–Trinajstić information content (AvgIpc) is 3.05. The lowest BCUT2D eigenvalue weighted by molar-refractivity contribution is -0.114. The first-order valence-electron chi connectivity index (χ1n) is 9.73. The molecular weight excluding hydrogens is 385 g/mol. The molecule has 0 bridgehead atoms. The number of hydrogen-bond donors (Lipinski definition) is 0. The summed E-state index contributed by atoms with van der Waals surface area (Å²) in [6.45, 7) is 2.69. The number of carbonyl (C=O) groups is 1. The minimum absolute atomic E-state index is 0.0314. The maximum Gasteiger partial charge on any atom is 0.203 e. The van der Waals surface area contributed by atoms with E-state index < -0.39 is 0 Å². The maximum atomic E-state index is 13.4. The van der Waals surface area contributed by atoms with Crippen molar-refractivity contribution in [3.8, 4) is 17.2 Å². The molecule has 6 heteroatoms. The summed E-state index contributed by atoms with van der Waals surface area (Å²) in [6, 6.07) is 10.3. The summed E-state index contributed by atoms with van der Waals surface area (Å²) in [5.74, 6) is 1.37. The predicted molar refractivity (Wildman–Crippen MR) is 116 cm³/mol. The number of nitrogens with zero attached hydrogens (tertiary/aromatic N) is 1. The van der Waals surface area contributed by atoms with Gasteiger partial charge in [-0.25, -0.2) is 4.39 Å². The Morgan fingerprint density at radius 2 is 1.73 bits per heavy atom. The zero-order valence-electron chi connectivity index (χ0n) is 17.7. The summed E-state index contributed by atoms with van der Waals surface area (Å²) >= 11 is 0. The number of halogens is 1. The van der Waals surface area contributed by atoms with Gasteiger partial charge in [0.05, 0.1) is 21.3 Å². The molecule has 0 aliphatic heterocycles. The number of ether oxygens (including phenoxy) is 3. The molecule has 0 radical (unpaired) electrons. The first-order valence-corrected chi connectivity index (χ1v) is 9.73. The second-order valence-corrected chi connectivity index (χ2v) is 7.00. The number of rotatable bonds is 9. The standard InChI is InChI=1S/C24H26FNO4/c1-16-12-18-15-19(25)8-10-21(18)26(16)11-5-6-20(27)9-7-17-13-22(28-2)24(30-4)23(14-17)29-3/h7-10,12-15H,5-6,11H2,1-4H3/b9-7+. The van der Waals surface area contributed by atoms with Crippen LogP contribution in [-0.2, 0) is 11.3 Å². The molecule has 2 aromatic carbocycles. The highest BCUT2D eigenvalue weighted by atomic mass is 19.1. The number of benzene rings is 2. The Kier molecular flexibility index (Phi) is 6.77. The molecule has 1 aromatic heterocycles. The highest BCUT2D eigenvalue weighted by molar-refractivity contribution is 5.93. The largest absolute Gasteiger partial charge is 0.493 e. The van der Waals surface area contributed by atoms with E-state index >= 15 is 0 Å². The fraction of sp³-hybridized carbons (Fsp3) is 0.292. The van der Waals surface area contributed by atoms with Crippen LogP contribution < -0.4 is 14.2 Å². The molecule has 3 rings (SSSR count). The molecule has 5 nitrogen and oxygen atoms in total. The molecule has 158 valence electrons. The summed E-state index contributed by atoms with van der Waals surface area (Å²) in [4.78, 5) is 12.3. The van der Waals surface area contributed by atoms with Crippen LogP contribution in [0.3, 0.4) is 0 Å². The minimum atomic E-state index is -0.244. The van der Waals surface area contributed by atoms with Gasteiger partial charge in [-0.3, -0.25) is 4.79 Å². The number of hydrogen-bond acceptors (Lipinski definition) is 4. The fourth-order valence-electron chi connectivity index (χ4n) is 3.56. The third-order valence-electron chi connectivity index (χ3n) is 5.02. The van der Waals surface area contributed by atoms with Crippen LogP contribution >= 0.6 is 0 Å². The Balaban J connectivity index is 1.64. The first-order chi connectivity index (χ1) is 14.5. The molecule has 0 aliphatic rings. The summed E-state index contributed by atoms with van der Waals surface area (Å²) in [5.41, 5.74) is 2.82. The normalized spacial score (nSPS) is 11.2. The third-order valence-corrected chi connectivity index (χ3v) is 5.02. The molecule has 0 amide bonds. The van der Waals surface area contributed by atoms with Crippen molar-refractivity contribution in [2.75, 3.05) is 21.3 Å². The molecule has 30 heavy (non-hydrogen) atoms. The van der Waals surface area contributed by atoms with Crippen molar-refractivity contribution in [2.24, 2.45) is 0 Å². The third kappa shape index (κ3) is 4.64.